The van der Waals surface area contributed by atoms with Crippen LogP contribution >= 0.6 is 11.8 Å². The molecule has 2 rings (SSSR count). The Hall–Kier alpha value is -1.99. The first-order valence-corrected chi connectivity index (χ1v) is 5.50. The first-order chi connectivity index (χ1) is 7.79. The summed E-state index contributed by atoms with van der Waals surface area (Å²) in [6.45, 7) is 0. The highest BCUT2D eigenvalue weighted by Crippen LogP contribution is 2.28. The van der Waals surface area contributed by atoms with Crippen LogP contribution in [-0.2, 0) is 0 Å². The van der Waals surface area contributed by atoms with Gasteiger partial charge in [-0.2, -0.15) is 5.26 Å². The quantitative estimate of drug-likeness (QED) is 0.856. The SMILES string of the molecule is N#Cc1cc(N)cnc1Sc1ccccc1. The lowest BCUT2D eigenvalue weighted by Crippen LogP contribution is -1.91. The molecule has 0 aliphatic heterocycles. The van der Waals surface area contributed by atoms with Crippen molar-refractivity contribution in [2.75, 3.05) is 5.73 Å². The van der Waals surface area contributed by atoms with E-state index in [1.807, 2.05) is 30.3 Å². The molecule has 0 bridgehead atoms. The van der Waals surface area contributed by atoms with Crippen molar-refractivity contribution < 1.29 is 0 Å². The lowest BCUT2D eigenvalue weighted by atomic mass is 10.3. The number of anilines is 1. The molecule has 0 atom stereocenters. The van der Waals surface area contributed by atoms with E-state index >= 15 is 0 Å². The minimum absolute atomic E-state index is 0.508. The number of nitrogens with two attached hydrogens (primary N) is 1. The summed E-state index contributed by atoms with van der Waals surface area (Å²) in [4.78, 5) is 5.21. The van der Waals surface area contributed by atoms with E-state index in [-0.39, 0.29) is 0 Å². The highest BCUT2D eigenvalue weighted by atomic mass is 32.2. The minimum atomic E-state index is 0.508. The number of benzene rings is 1. The molecule has 0 spiro atoms. The maximum atomic E-state index is 8.96. The number of hydrogen-bond donors (Lipinski definition) is 1. The molecule has 3 nitrogen and oxygen atoms in total. The number of nitrogens with zero attached hydrogens (tertiary/aromatic N) is 2. The van der Waals surface area contributed by atoms with Gasteiger partial charge in [-0.05, 0) is 18.2 Å². The van der Waals surface area contributed by atoms with Crippen molar-refractivity contribution in [2.24, 2.45) is 0 Å². The van der Waals surface area contributed by atoms with Gasteiger partial charge in [0.2, 0.25) is 0 Å². The summed E-state index contributed by atoms with van der Waals surface area (Å²) < 4.78 is 0. The second-order valence-electron chi connectivity index (χ2n) is 3.15. The van der Waals surface area contributed by atoms with E-state index in [1.165, 1.54) is 11.8 Å². The lowest BCUT2D eigenvalue weighted by Gasteiger charge is -2.03. The molecule has 0 fully saturated rings. The van der Waals surface area contributed by atoms with E-state index in [2.05, 4.69) is 11.1 Å². The molecule has 0 unspecified atom stereocenters. The van der Waals surface area contributed by atoms with Gasteiger partial charge in [0.15, 0.2) is 0 Å². The third kappa shape index (κ3) is 2.33. The predicted octanol–water partition coefficient (Wildman–Crippen LogP) is 2.69. The van der Waals surface area contributed by atoms with Crippen molar-refractivity contribution >= 4 is 17.4 Å². The zero-order chi connectivity index (χ0) is 11.4. The van der Waals surface area contributed by atoms with Gasteiger partial charge in [0.25, 0.3) is 0 Å². The van der Waals surface area contributed by atoms with Gasteiger partial charge in [-0.15, -0.1) is 0 Å². The van der Waals surface area contributed by atoms with E-state index in [1.54, 1.807) is 12.3 Å². The van der Waals surface area contributed by atoms with Gasteiger partial charge in [0.1, 0.15) is 11.1 Å². The summed E-state index contributed by atoms with van der Waals surface area (Å²) in [5.41, 5.74) is 6.59. The van der Waals surface area contributed by atoms with E-state index in [4.69, 9.17) is 11.0 Å². The Labute approximate surface area is 97.9 Å². The largest absolute Gasteiger partial charge is 0.397 e. The lowest BCUT2D eigenvalue weighted by molar-refractivity contribution is 1.11. The zero-order valence-corrected chi connectivity index (χ0v) is 9.24. The van der Waals surface area contributed by atoms with E-state index in [0.717, 1.165) is 4.90 Å². The Bertz CT molecular complexity index is 532. The maximum Gasteiger partial charge on any atom is 0.119 e. The average Bonchev–Trinajstić information content (AvgIpc) is 2.33. The molecule has 0 saturated heterocycles. The Morgan fingerprint density at radius 1 is 1.25 bits per heavy atom. The summed E-state index contributed by atoms with van der Waals surface area (Å²) in [6, 6.07) is 13.5. The van der Waals surface area contributed by atoms with Crippen LogP contribution in [-0.4, -0.2) is 4.98 Å². The molecule has 0 saturated carbocycles. The van der Waals surface area contributed by atoms with Gasteiger partial charge in [-0.25, -0.2) is 4.98 Å². The number of aromatic nitrogens is 1. The fourth-order valence-electron chi connectivity index (χ4n) is 1.23. The molecule has 0 aliphatic rings. The monoisotopic (exact) mass is 227 g/mol. The van der Waals surface area contributed by atoms with Crippen LogP contribution < -0.4 is 5.73 Å². The standard InChI is InChI=1S/C12H9N3S/c13-7-9-6-10(14)8-15-12(9)16-11-4-2-1-3-5-11/h1-6,8H,14H2. The van der Waals surface area contributed by atoms with Gasteiger partial charge < -0.3 is 5.73 Å². The smallest absolute Gasteiger partial charge is 0.119 e. The van der Waals surface area contributed by atoms with Crippen molar-refractivity contribution in [3.8, 4) is 6.07 Å². The van der Waals surface area contributed by atoms with Crippen LogP contribution in [0, 0.1) is 11.3 Å². The van der Waals surface area contributed by atoms with Crippen LogP contribution in [0.1, 0.15) is 5.56 Å². The average molecular weight is 227 g/mol. The van der Waals surface area contributed by atoms with Gasteiger partial charge in [-0.3, -0.25) is 0 Å². The maximum absolute atomic E-state index is 8.96. The molecule has 1 aromatic heterocycles. The fourth-order valence-corrected chi connectivity index (χ4v) is 2.07. The highest BCUT2D eigenvalue weighted by molar-refractivity contribution is 7.99. The number of nitriles is 1. The molecule has 1 aromatic carbocycles. The molecule has 4 heteroatoms. The molecule has 0 radical (unpaired) electrons. The normalized spacial score (nSPS) is 9.69. The summed E-state index contributed by atoms with van der Waals surface area (Å²) in [7, 11) is 0. The predicted molar refractivity (Wildman–Crippen MR) is 63.9 cm³/mol. The second-order valence-corrected chi connectivity index (χ2v) is 4.21. The van der Waals surface area contributed by atoms with E-state index < -0.39 is 0 Å². The van der Waals surface area contributed by atoms with Crippen LogP contribution in [0.3, 0.4) is 0 Å². The first-order valence-electron chi connectivity index (χ1n) is 4.68. The van der Waals surface area contributed by atoms with Crippen LogP contribution in [0.4, 0.5) is 5.69 Å². The molecule has 1 heterocycles. The summed E-state index contributed by atoms with van der Waals surface area (Å²) in [6.07, 6.45) is 1.56. The summed E-state index contributed by atoms with van der Waals surface area (Å²) in [5, 5.41) is 9.65. The fraction of sp³-hybridized carbons (Fsp3) is 0. The van der Waals surface area contributed by atoms with Crippen molar-refractivity contribution in [3.63, 3.8) is 0 Å². The number of rotatable bonds is 2. The molecule has 0 amide bonds. The number of pyridine rings is 1. The topological polar surface area (TPSA) is 62.7 Å². The molecule has 16 heavy (non-hydrogen) atoms. The summed E-state index contributed by atoms with van der Waals surface area (Å²) in [5.74, 6) is 0. The van der Waals surface area contributed by atoms with Crippen LogP contribution in [0.25, 0.3) is 0 Å². The Morgan fingerprint density at radius 2 is 2.00 bits per heavy atom. The minimum Gasteiger partial charge on any atom is -0.397 e. The van der Waals surface area contributed by atoms with Crippen molar-refractivity contribution in [1.29, 1.82) is 5.26 Å². The Balaban J connectivity index is 2.32. The third-order valence-corrected chi connectivity index (χ3v) is 2.98. The number of nitrogen functional groups attached to an aromatic ring is 1. The highest BCUT2D eigenvalue weighted by Gasteiger charge is 2.05. The Morgan fingerprint density at radius 3 is 2.69 bits per heavy atom. The van der Waals surface area contributed by atoms with Crippen LogP contribution in [0.15, 0.2) is 52.5 Å². The molecule has 78 valence electrons. The molecular formula is C12H9N3S. The zero-order valence-electron chi connectivity index (χ0n) is 8.42. The first kappa shape index (κ1) is 10.5. The van der Waals surface area contributed by atoms with Crippen molar-refractivity contribution in [1.82, 2.24) is 4.98 Å². The van der Waals surface area contributed by atoms with Gasteiger partial charge in [-0.1, -0.05) is 30.0 Å². The van der Waals surface area contributed by atoms with Gasteiger partial charge in [0, 0.05) is 4.90 Å². The number of hydrogen-bond acceptors (Lipinski definition) is 4. The third-order valence-electron chi connectivity index (χ3n) is 1.95. The molecule has 2 aromatic rings. The van der Waals surface area contributed by atoms with Crippen molar-refractivity contribution in [2.45, 2.75) is 9.92 Å². The van der Waals surface area contributed by atoms with Crippen LogP contribution in [0.5, 0.6) is 0 Å². The van der Waals surface area contributed by atoms with E-state index in [9.17, 15) is 0 Å². The van der Waals surface area contributed by atoms with Gasteiger partial charge in [0.05, 0.1) is 17.4 Å². The summed E-state index contributed by atoms with van der Waals surface area (Å²) >= 11 is 1.46. The van der Waals surface area contributed by atoms with Gasteiger partial charge >= 0.3 is 0 Å². The van der Waals surface area contributed by atoms with Crippen LogP contribution in [0.2, 0.25) is 0 Å². The molecular weight excluding hydrogens is 218 g/mol. The Kier molecular flexibility index (Phi) is 3.08. The van der Waals surface area contributed by atoms with Crippen molar-refractivity contribution in [3.05, 3.63) is 48.2 Å². The molecule has 2 N–H and O–H groups in total. The molecule has 0 aliphatic carbocycles. The second kappa shape index (κ2) is 4.69. The van der Waals surface area contributed by atoms with E-state index in [0.29, 0.717) is 16.3 Å².